The van der Waals surface area contributed by atoms with Crippen LogP contribution in [0.25, 0.3) is 5.65 Å². The highest BCUT2D eigenvalue weighted by Gasteiger charge is 2.22. The first-order valence-corrected chi connectivity index (χ1v) is 7.31. The molecule has 1 fully saturated rings. The molecule has 106 valence electrons. The second kappa shape index (κ2) is 5.37. The third kappa shape index (κ3) is 2.75. The first-order valence-electron chi connectivity index (χ1n) is 7.31. The molecule has 1 saturated heterocycles. The van der Waals surface area contributed by atoms with Crippen molar-refractivity contribution in [2.24, 2.45) is 11.8 Å². The summed E-state index contributed by atoms with van der Waals surface area (Å²) in [4.78, 5) is 19.1. The first-order chi connectivity index (χ1) is 9.61. The van der Waals surface area contributed by atoms with E-state index in [2.05, 4.69) is 23.7 Å². The summed E-state index contributed by atoms with van der Waals surface area (Å²) in [5.74, 6) is 1.45. The Kier molecular flexibility index (Phi) is 3.57. The van der Waals surface area contributed by atoms with Gasteiger partial charge in [-0.3, -0.25) is 14.1 Å². The Bertz CT molecular complexity index is 654. The molecule has 20 heavy (non-hydrogen) atoms. The standard InChI is InChI=1S/C16H21N3O/c1-12-7-13(2)10-18(9-12)11-14-8-16(20)19-6-4-3-5-15(19)17-14/h3-6,8,12-13H,7,9-11H2,1-2H3/t12-,13+. The predicted octanol–water partition coefficient (Wildman–Crippen LogP) is 2.17. The van der Waals surface area contributed by atoms with Gasteiger partial charge in [0.05, 0.1) is 5.69 Å². The minimum absolute atomic E-state index is 0.00343. The molecular formula is C16H21N3O. The van der Waals surface area contributed by atoms with Crippen LogP contribution in [-0.2, 0) is 6.54 Å². The van der Waals surface area contributed by atoms with Crippen LogP contribution in [0.2, 0.25) is 0 Å². The molecule has 3 heterocycles. The van der Waals surface area contributed by atoms with Crippen molar-refractivity contribution in [3.63, 3.8) is 0 Å². The molecular weight excluding hydrogens is 250 g/mol. The third-order valence-electron chi connectivity index (χ3n) is 3.95. The van der Waals surface area contributed by atoms with Gasteiger partial charge in [-0.2, -0.15) is 0 Å². The van der Waals surface area contributed by atoms with Crippen molar-refractivity contribution in [1.82, 2.24) is 14.3 Å². The molecule has 0 radical (unpaired) electrons. The summed E-state index contributed by atoms with van der Waals surface area (Å²) in [6.45, 7) is 7.56. The quantitative estimate of drug-likeness (QED) is 0.840. The van der Waals surface area contributed by atoms with Crippen LogP contribution in [0.15, 0.2) is 35.3 Å². The maximum absolute atomic E-state index is 12.1. The topological polar surface area (TPSA) is 37.6 Å². The zero-order valence-corrected chi connectivity index (χ0v) is 12.1. The SMILES string of the molecule is C[C@@H]1C[C@H](C)CN(Cc2cc(=O)n3ccccc3n2)C1. The number of pyridine rings is 1. The van der Waals surface area contributed by atoms with Gasteiger partial charge in [0.25, 0.3) is 5.56 Å². The minimum Gasteiger partial charge on any atom is -0.297 e. The van der Waals surface area contributed by atoms with Gasteiger partial charge in [0.1, 0.15) is 5.65 Å². The smallest absolute Gasteiger partial charge is 0.258 e. The number of hydrogen-bond acceptors (Lipinski definition) is 3. The molecule has 3 rings (SSSR count). The molecule has 4 heteroatoms. The van der Waals surface area contributed by atoms with Gasteiger partial charge in [0, 0.05) is 31.9 Å². The lowest BCUT2D eigenvalue weighted by molar-refractivity contribution is 0.133. The Labute approximate surface area is 119 Å². The van der Waals surface area contributed by atoms with Crippen molar-refractivity contribution in [2.75, 3.05) is 13.1 Å². The van der Waals surface area contributed by atoms with Crippen LogP contribution in [0.4, 0.5) is 0 Å². The van der Waals surface area contributed by atoms with E-state index in [1.165, 1.54) is 6.42 Å². The second-order valence-electron chi connectivity index (χ2n) is 6.15. The lowest BCUT2D eigenvalue weighted by Crippen LogP contribution is -2.38. The Morgan fingerprint density at radius 1 is 1.25 bits per heavy atom. The van der Waals surface area contributed by atoms with Gasteiger partial charge >= 0.3 is 0 Å². The molecule has 0 aliphatic carbocycles. The van der Waals surface area contributed by atoms with E-state index in [1.54, 1.807) is 16.7 Å². The minimum atomic E-state index is 0.00343. The monoisotopic (exact) mass is 271 g/mol. The molecule has 2 aromatic rings. The van der Waals surface area contributed by atoms with Crippen molar-refractivity contribution < 1.29 is 0 Å². The lowest BCUT2D eigenvalue weighted by atomic mass is 9.92. The van der Waals surface area contributed by atoms with Gasteiger partial charge in [-0.25, -0.2) is 4.98 Å². The summed E-state index contributed by atoms with van der Waals surface area (Å²) in [5, 5.41) is 0. The highest BCUT2D eigenvalue weighted by molar-refractivity contribution is 5.37. The Morgan fingerprint density at radius 2 is 2.00 bits per heavy atom. The van der Waals surface area contributed by atoms with E-state index in [0.29, 0.717) is 0 Å². The zero-order valence-electron chi connectivity index (χ0n) is 12.1. The van der Waals surface area contributed by atoms with Crippen LogP contribution in [-0.4, -0.2) is 27.4 Å². The fraction of sp³-hybridized carbons (Fsp3) is 0.500. The van der Waals surface area contributed by atoms with Crippen molar-refractivity contribution in [3.8, 4) is 0 Å². The maximum atomic E-state index is 12.1. The van der Waals surface area contributed by atoms with Crippen molar-refractivity contribution in [2.45, 2.75) is 26.8 Å². The van der Waals surface area contributed by atoms with Crippen LogP contribution < -0.4 is 5.56 Å². The van der Waals surface area contributed by atoms with Gasteiger partial charge in [0.15, 0.2) is 0 Å². The number of rotatable bonds is 2. The summed E-state index contributed by atoms with van der Waals surface area (Å²) in [6, 6.07) is 7.31. The fourth-order valence-electron chi connectivity index (χ4n) is 3.33. The Hall–Kier alpha value is -1.68. The van der Waals surface area contributed by atoms with Gasteiger partial charge < -0.3 is 0 Å². The highest BCUT2D eigenvalue weighted by Crippen LogP contribution is 2.21. The lowest BCUT2D eigenvalue weighted by Gasteiger charge is -2.34. The molecule has 2 atom stereocenters. The summed E-state index contributed by atoms with van der Waals surface area (Å²) in [7, 11) is 0. The summed E-state index contributed by atoms with van der Waals surface area (Å²) in [5.41, 5.74) is 1.61. The third-order valence-corrected chi connectivity index (χ3v) is 3.95. The van der Waals surface area contributed by atoms with Gasteiger partial charge in [-0.15, -0.1) is 0 Å². The van der Waals surface area contributed by atoms with E-state index in [0.717, 1.165) is 42.8 Å². The number of hydrogen-bond donors (Lipinski definition) is 0. The van der Waals surface area contributed by atoms with E-state index in [-0.39, 0.29) is 5.56 Å². The van der Waals surface area contributed by atoms with Crippen LogP contribution >= 0.6 is 0 Å². The molecule has 4 nitrogen and oxygen atoms in total. The number of likely N-dealkylation sites (tertiary alicyclic amines) is 1. The van der Waals surface area contributed by atoms with Crippen LogP contribution in [0.5, 0.6) is 0 Å². The Balaban J connectivity index is 1.86. The summed E-state index contributed by atoms with van der Waals surface area (Å²) in [6.07, 6.45) is 3.06. The molecule has 0 spiro atoms. The van der Waals surface area contributed by atoms with Gasteiger partial charge in [-0.1, -0.05) is 19.9 Å². The first kappa shape index (κ1) is 13.3. The molecule has 2 aromatic heterocycles. The molecule has 0 saturated carbocycles. The number of piperidine rings is 1. The van der Waals surface area contributed by atoms with E-state index < -0.39 is 0 Å². The maximum Gasteiger partial charge on any atom is 0.258 e. The second-order valence-corrected chi connectivity index (χ2v) is 6.15. The largest absolute Gasteiger partial charge is 0.297 e. The molecule has 0 unspecified atom stereocenters. The summed E-state index contributed by atoms with van der Waals surface area (Å²) >= 11 is 0. The van der Waals surface area contributed by atoms with Crippen molar-refractivity contribution >= 4 is 5.65 Å². The van der Waals surface area contributed by atoms with Crippen molar-refractivity contribution in [3.05, 3.63) is 46.5 Å². The summed E-state index contributed by atoms with van der Waals surface area (Å²) < 4.78 is 1.59. The molecule has 0 bridgehead atoms. The van der Waals surface area contributed by atoms with E-state index in [4.69, 9.17) is 0 Å². The number of nitrogens with zero attached hydrogens (tertiary/aromatic N) is 3. The van der Waals surface area contributed by atoms with Crippen molar-refractivity contribution in [1.29, 1.82) is 0 Å². The molecule has 0 amide bonds. The number of fused-ring (bicyclic) bond motifs is 1. The van der Waals surface area contributed by atoms with Crippen LogP contribution in [0.3, 0.4) is 0 Å². The molecule has 0 N–H and O–H groups in total. The fourth-order valence-corrected chi connectivity index (χ4v) is 3.33. The van der Waals surface area contributed by atoms with Crippen LogP contribution in [0.1, 0.15) is 26.0 Å². The normalized spacial score (nSPS) is 24.1. The number of aromatic nitrogens is 2. The zero-order chi connectivity index (χ0) is 14.1. The average Bonchev–Trinajstić information content (AvgIpc) is 2.37. The van der Waals surface area contributed by atoms with Gasteiger partial charge in [0.2, 0.25) is 0 Å². The van der Waals surface area contributed by atoms with E-state index in [9.17, 15) is 4.79 Å². The Morgan fingerprint density at radius 3 is 2.75 bits per heavy atom. The predicted molar refractivity (Wildman–Crippen MR) is 79.7 cm³/mol. The van der Waals surface area contributed by atoms with Gasteiger partial charge in [-0.05, 0) is 30.4 Å². The average molecular weight is 271 g/mol. The molecule has 1 aliphatic heterocycles. The van der Waals surface area contributed by atoms with E-state index in [1.807, 2.05) is 18.2 Å². The molecule has 0 aromatic carbocycles. The highest BCUT2D eigenvalue weighted by atomic mass is 16.1. The van der Waals surface area contributed by atoms with Crippen LogP contribution in [0, 0.1) is 11.8 Å². The van der Waals surface area contributed by atoms with E-state index >= 15 is 0 Å². The molecule has 1 aliphatic rings.